The van der Waals surface area contributed by atoms with Crippen LogP contribution in [0.4, 0.5) is 4.79 Å². The van der Waals surface area contributed by atoms with Gasteiger partial charge < -0.3 is 9.64 Å². The first-order valence-electron chi connectivity index (χ1n) is 11.1. The number of piperidine rings is 1. The summed E-state index contributed by atoms with van der Waals surface area (Å²) in [5.41, 5.74) is 1.68. The molecule has 0 atom stereocenters. The van der Waals surface area contributed by atoms with E-state index < -0.39 is 11.1 Å². The molecule has 35 heavy (non-hydrogen) atoms. The van der Waals surface area contributed by atoms with E-state index in [1.165, 1.54) is 0 Å². The Bertz CT molecular complexity index is 1160. The van der Waals surface area contributed by atoms with Gasteiger partial charge in [0.1, 0.15) is 18.9 Å². The van der Waals surface area contributed by atoms with Crippen LogP contribution in [0.3, 0.4) is 0 Å². The molecule has 2 aliphatic heterocycles. The number of nitrogens with zero attached hydrogens (tertiary/aromatic N) is 2. The summed E-state index contributed by atoms with van der Waals surface area (Å²) in [7, 11) is 0. The highest BCUT2D eigenvalue weighted by Gasteiger charge is 2.37. The number of amides is 3. The Labute approximate surface area is 230 Å². The molecular formula is C25H23Br2ClN2O4S. The third-order valence-electron chi connectivity index (χ3n) is 5.92. The van der Waals surface area contributed by atoms with Crippen molar-refractivity contribution in [2.24, 2.45) is 5.92 Å². The molecule has 0 bridgehead atoms. The van der Waals surface area contributed by atoms with Gasteiger partial charge in [0.25, 0.3) is 11.1 Å². The molecule has 2 aromatic carbocycles. The number of thioether (sulfide) groups is 1. The second-order valence-corrected chi connectivity index (χ2v) is 11.7. The zero-order chi connectivity index (χ0) is 25.1. The van der Waals surface area contributed by atoms with Gasteiger partial charge in [-0.3, -0.25) is 19.3 Å². The number of benzene rings is 2. The molecule has 0 spiro atoms. The maximum Gasteiger partial charge on any atom is 0.294 e. The normalized spacial score (nSPS) is 18.0. The molecule has 4 rings (SSSR count). The fourth-order valence-corrected chi connectivity index (χ4v) is 6.23. The number of hydrogen-bond donors (Lipinski definition) is 0. The molecule has 0 unspecified atom stereocenters. The van der Waals surface area contributed by atoms with E-state index in [0.717, 1.165) is 35.1 Å². The Morgan fingerprint density at radius 3 is 2.40 bits per heavy atom. The van der Waals surface area contributed by atoms with Crippen LogP contribution in [0.1, 0.15) is 30.9 Å². The summed E-state index contributed by atoms with van der Waals surface area (Å²) in [6, 6.07) is 11.0. The van der Waals surface area contributed by atoms with E-state index in [0.29, 0.717) is 50.9 Å². The van der Waals surface area contributed by atoms with Crippen molar-refractivity contribution >= 4 is 78.4 Å². The average Bonchev–Trinajstić information content (AvgIpc) is 3.07. The number of halogens is 3. The lowest BCUT2D eigenvalue weighted by Crippen LogP contribution is -2.45. The monoisotopic (exact) mass is 640 g/mol. The molecule has 0 N–H and O–H groups in total. The number of ether oxygens (including phenoxy) is 1. The third-order valence-corrected chi connectivity index (χ3v) is 8.26. The standard InChI is InChI=1S/C25H23Br2ClN2O4S/c1-15-6-8-29(9-7-15)22(31)13-30-24(32)21(35-25(30)33)12-17-10-19(26)23(20(27)11-17)34-14-16-2-4-18(28)5-3-16/h2-5,10-12,15H,6-9,13-14H2,1H3/b21-12+. The molecule has 0 aliphatic carbocycles. The largest absolute Gasteiger partial charge is 0.487 e. The molecule has 2 heterocycles. The number of likely N-dealkylation sites (tertiary alicyclic amines) is 1. The first kappa shape index (κ1) is 26.3. The van der Waals surface area contributed by atoms with Crippen LogP contribution in [0.2, 0.25) is 5.02 Å². The molecule has 0 radical (unpaired) electrons. The third kappa shape index (κ3) is 6.50. The number of imide groups is 1. The van der Waals surface area contributed by atoms with Crippen molar-refractivity contribution in [2.75, 3.05) is 19.6 Å². The maximum absolute atomic E-state index is 12.9. The first-order valence-corrected chi connectivity index (χ1v) is 13.9. The second-order valence-electron chi connectivity index (χ2n) is 8.56. The van der Waals surface area contributed by atoms with Gasteiger partial charge in [-0.2, -0.15) is 0 Å². The Kier molecular flexibility index (Phi) is 8.63. The minimum absolute atomic E-state index is 0.187. The minimum Gasteiger partial charge on any atom is -0.487 e. The topological polar surface area (TPSA) is 66.9 Å². The van der Waals surface area contributed by atoms with Crippen molar-refractivity contribution in [1.29, 1.82) is 0 Å². The SMILES string of the molecule is CC1CCN(C(=O)CN2C(=O)S/C(=C/c3cc(Br)c(OCc4ccc(Cl)cc4)c(Br)c3)C2=O)CC1. The molecular weight excluding hydrogens is 620 g/mol. The van der Waals surface area contributed by atoms with Crippen LogP contribution in [0.15, 0.2) is 50.2 Å². The predicted octanol–water partition coefficient (Wildman–Crippen LogP) is 6.74. The molecule has 2 aliphatic rings. The summed E-state index contributed by atoms with van der Waals surface area (Å²) in [5, 5.41) is 0.233. The first-order chi connectivity index (χ1) is 16.7. The van der Waals surface area contributed by atoms with Crippen LogP contribution >= 0.6 is 55.2 Å². The van der Waals surface area contributed by atoms with Gasteiger partial charge in [0.15, 0.2) is 0 Å². The molecule has 0 saturated carbocycles. The van der Waals surface area contributed by atoms with Crippen LogP contribution in [0.25, 0.3) is 6.08 Å². The van der Waals surface area contributed by atoms with Crippen molar-refractivity contribution in [1.82, 2.24) is 9.80 Å². The van der Waals surface area contributed by atoms with Gasteiger partial charge in [-0.05, 0) is 104 Å². The van der Waals surface area contributed by atoms with E-state index in [4.69, 9.17) is 16.3 Å². The summed E-state index contributed by atoms with van der Waals surface area (Å²) in [6.45, 7) is 3.64. The van der Waals surface area contributed by atoms with Crippen molar-refractivity contribution in [2.45, 2.75) is 26.4 Å². The van der Waals surface area contributed by atoms with Crippen LogP contribution < -0.4 is 4.74 Å². The molecule has 2 saturated heterocycles. The van der Waals surface area contributed by atoms with Gasteiger partial charge in [0, 0.05) is 18.1 Å². The van der Waals surface area contributed by atoms with Gasteiger partial charge in [-0.1, -0.05) is 30.7 Å². The molecule has 2 aromatic rings. The van der Waals surface area contributed by atoms with E-state index >= 15 is 0 Å². The molecule has 10 heteroatoms. The highest BCUT2D eigenvalue weighted by atomic mass is 79.9. The average molecular weight is 643 g/mol. The molecule has 6 nitrogen and oxygen atoms in total. The zero-order valence-corrected chi connectivity index (χ0v) is 23.7. The van der Waals surface area contributed by atoms with Crippen molar-refractivity contribution in [3.63, 3.8) is 0 Å². The van der Waals surface area contributed by atoms with Gasteiger partial charge in [0.05, 0.1) is 13.9 Å². The lowest BCUT2D eigenvalue weighted by Gasteiger charge is -2.31. The van der Waals surface area contributed by atoms with Crippen LogP contribution in [-0.2, 0) is 16.2 Å². The highest BCUT2D eigenvalue weighted by Crippen LogP contribution is 2.38. The van der Waals surface area contributed by atoms with Crippen LogP contribution in [0, 0.1) is 5.92 Å². The Balaban J connectivity index is 1.43. The lowest BCUT2D eigenvalue weighted by atomic mass is 9.99. The highest BCUT2D eigenvalue weighted by molar-refractivity contribution is 9.11. The number of carbonyl (C=O) groups excluding carboxylic acids is 3. The van der Waals surface area contributed by atoms with Gasteiger partial charge in [0.2, 0.25) is 5.91 Å². The minimum atomic E-state index is -0.450. The van der Waals surface area contributed by atoms with Crippen LogP contribution in [-0.4, -0.2) is 46.5 Å². The van der Waals surface area contributed by atoms with Crippen molar-refractivity contribution in [3.8, 4) is 5.75 Å². The number of carbonyl (C=O) groups is 3. The van der Waals surface area contributed by atoms with Gasteiger partial charge in [-0.25, -0.2) is 0 Å². The molecule has 0 aromatic heterocycles. The number of hydrogen-bond acceptors (Lipinski definition) is 5. The van der Waals surface area contributed by atoms with Gasteiger partial charge >= 0.3 is 0 Å². The van der Waals surface area contributed by atoms with Crippen LogP contribution in [0.5, 0.6) is 5.75 Å². The van der Waals surface area contributed by atoms with E-state index in [2.05, 4.69) is 38.8 Å². The summed E-state index contributed by atoms with van der Waals surface area (Å²) < 4.78 is 7.34. The fourth-order valence-electron chi connectivity index (χ4n) is 3.82. The zero-order valence-electron chi connectivity index (χ0n) is 18.9. The predicted molar refractivity (Wildman–Crippen MR) is 145 cm³/mol. The molecule has 2 fully saturated rings. The smallest absolute Gasteiger partial charge is 0.294 e. The summed E-state index contributed by atoms with van der Waals surface area (Å²) in [5.74, 6) is 0.570. The van der Waals surface area contributed by atoms with E-state index in [9.17, 15) is 14.4 Å². The van der Waals surface area contributed by atoms with E-state index in [1.54, 1.807) is 23.1 Å². The lowest BCUT2D eigenvalue weighted by molar-refractivity contribution is -0.136. The maximum atomic E-state index is 12.9. The molecule has 3 amide bonds. The van der Waals surface area contributed by atoms with Gasteiger partial charge in [-0.15, -0.1) is 0 Å². The number of rotatable bonds is 6. The second kappa shape index (κ2) is 11.5. The Morgan fingerprint density at radius 1 is 1.14 bits per heavy atom. The van der Waals surface area contributed by atoms with E-state index in [-0.39, 0.29) is 17.4 Å². The van der Waals surface area contributed by atoms with Crippen molar-refractivity contribution < 1.29 is 19.1 Å². The quantitative estimate of drug-likeness (QED) is 0.327. The molecule has 184 valence electrons. The summed E-state index contributed by atoms with van der Waals surface area (Å²) in [4.78, 5) is 41.1. The Morgan fingerprint density at radius 2 is 1.77 bits per heavy atom. The Hall–Kier alpha value is -1.81. The fraction of sp³-hybridized carbons (Fsp3) is 0.320. The summed E-state index contributed by atoms with van der Waals surface area (Å²) in [6.07, 6.45) is 3.53. The summed E-state index contributed by atoms with van der Waals surface area (Å²) >= 11 is 13.8. The van der Waals surface area contributed by atoms with Crippen molar-refractivity contribution in [3.05, 3.63) is 66.4 Å². The van der Waals surface area contributed by atoms with E-state index in [1.807, 2.05) is 24.3 Å².